The van der Waals surface area contributed by atoms with Crippen molar-refractivity contribution < 1.29 is 19.1 Å². The fraction of sp³-hybridized carbons (Fsp3) is 0.579. The molecule has 1 aliphatic rings. The molecular formula is C19H26O4. The molecule has 0 atom stereocenters. The first-order valence-electron chi connectivity index (χ1n) is 8.55. The minimum absolute atomic E-state index is 0.0373. The van der Waals surface area contributed by atoms with Crippen LogP contribution < -0.4 is 0 Å². The number of ether oxygens (including phenoxy) is 2. The van der Waals surface area contributed by atoms with E-state index in [2.05, 4.69) is 0 Å². The van der Waals surface area contributed by atoms with Gasteiger partial charge in [0.1, 0.15) is 6.10 Å². The van der Waals surface area contributed by atoms with Gasteiger partial charge >= 0.3 is 11.9 Å². The highest BCUT2D eigenvalue weighted by Gasteiger charge is 2.22. The van der Waals surface area contributed by atoms with E-state index in [0.717, 1.165) is 25.7 Å². The predicted molar refractivity (Wildman–Crippen MR) is 88.5 cm³/mol. The molecule has 1 aromatic rings. The summed E-state index contributed by atoms with van der Waals surface area (Å²) in [6, 6.07) is 6.72. The highest BCUT2D eigenvalue weighted by atomic mass is 16.5. The van der Waals surface area contributed by atoms with Crippen molar-refractivity contribution in [2.75, 3.05) is 6.61 Å². The Bertz CT molecular complexity index is 528. The molecule has 0 heterocycles. The van der Waals surface area contributed by atoms with Gasteiger partial charge in [0.25, 0.3) is 0 Å². The lowest BCUT2D eigenvalue weighted by Crippen LogP contribution is -2.20. The normalized spacial score (nSPS) is 16.0. The number of carbonyl (C=O) groups is 2. The monoisotopic (exact) mass is 318 g/mol. The third kappa shape index (κ3) is 5.38. The van der Waals surface area contributed by atoms with Crippen molar-refractivity contribution >= 4 is 11.9 Å². The van der Waals surface area contributed by atoms with Gasteiger partial charge in [-0.15, -0.1) is 0 Å². The smallest absolute Gasteiger partial charge is 0.339 e. The molecule has 0 aromatic heterocycles. The summed E-state index contributed by atoms with van der Waals surface area (Å²) in [6.45, 7) is 4.28. The Morgan fingerprint density at radius 2 is 1.57 bits per heavy atom. The summed E-state index contributed by atoms with van der Waals surface area (Å²) < 4.78 is 10.9. The Hall–Kier alpha value is -1.84. The van der Waals surface area contributed by atoms with Crippen molar-refractivity contribution in [3.63, 3.8) is 0 Å². The maximum absolute atomic E-state index is 12.5. The molecule has 0 radical (unpaired) electrons. The molecule has 2 rings (SSSR count). The molecule has 126 valence electrons. The number of hydrogen-bond donors (Lipinski definition) is 0. The number of rotatable bonds is 5. The highest BCUT2D eigenvalue weighted by molar-refractivity contribution is 6.03. The third-order valence-electron chi connectivity index (χ3n) is 3.99. The molecule has 4 nitrogen and oxygen atoms in total. The molecule has 0 aliphatic heterocycles. The van der Waals surface area contributed by atoms with E-state index in [1.54, 1.807) is 24.3 Å². The van der Waals surface area contributed by atoms with E-state index < -0.39 is 11.9 Å². The van der Waals surface area contributed by atoms with Crippen molar-refractivity contribution in [2.24, 2.45) is 5.92 Å². The Balaban J connectivity index is 2.06. The van der Waals surface area contributed by atoms with Crippen LogP contribution in [0.25, 0.3) is 0 Å². The molecule has 0 unspecified atom stereocenters. The minimum Gasteiger partial charge on any atom is -0.462 e. The van der Waals surface area contributed by atoms with Crippen LogP contribution in [0.15, 0.2) is 24.3 Å². The maximum atomic E-state index is 12.5. The molecule has 0 saturated heterocycles. The van der Waals surface area contributed by atoms with Crippen molar-refractivity contribution in [3.05, 3.63) is 35.4 Å². The van der Waals surface area contributed by atoms with Crippen LogP contribution in [0.5, 0.6) is 0 Å². The van der Waals surface area contributed by atoms with E-state index in [1.807, 2.05) is 13.8 Å². The first-order valence-corrected chi connectivity index (χ1v) is 8.55. The molecule has 0 amide bonds. The van der Waals surface area contributed by atoms with Crippen LogP contribution >= 0.6 is 0 Å². The quantitative estimate of drug-likeness (QED) is 0.597. The highest BCUT2D eigenvalue weighted by Crippen LogP contribution is 2.22. The largest absolute Gasteiger partial charge is 0.462 e. The molecule has 0 bridgehead atoms. The summed E-state index contributed by atoms with van der Waals surface area (Å²) >= 11 is 0. The Kier molecular flexibility index (Phi) is 6.63. The summed E-state index contributed by atoms with van der Waals surface area (Å²) in [5.74, 6) is -0.634. The van der Waals surface area contributed by atoms with E-state index in [1.165, 1.54) is 12.8 Å². The van der Waals surface area contributed by atoms with Gasteiger partial charge in [-0.25, -0.2) is 9.59 Å². The van der Waals surface area contributed by atoms with Crippen LogP contribution in [0, 0.1) is 5.92 Å². The molecule has 1 aliphatic carbocycles. The topological polar surface area (TPSA) is 52.6 Å². The zero-order valence-corrected chi connectivity index (χ0v) is 14.0. The second-order valence-electron chi connectivity index (χ2n) is 6.56. The average Bonchev–Trinajstić information content (AvgIpc) is 2.81. The Labute approximate surface area is 138 Å². The van der Waals surface area contributed by atoms with Gasteiger partial charge in [0, 0.05) is 0 Å². The summed E-state index contributed by atoms with van der Waals surface area (Å²) in [5.41, 5.74) is 0.581. The van der Waals surface area contributed by atoms with Gasteiger partial charge in [0.2, 0.25) is 0 Å². The lowest BCUT2D eigenvalue weighted by atomic mass is 10.1. The van der Waals surface area contributed by atoms with E-state index in [9.17, 15) is 9.59 Å². The van der Waals surface area contributed by atoms with Gasteiger partial charge in [0.15, 0.2) is 0 Å². The Morgan fingerprint density at radius 1 is 1.00 bits per heavy atom. The molecule has 1 fully saturated rings. The van der Waals surface area contributed by atoms with Crippen molar-refractivity contribution in [1.82, 2.24) is 0 Å². The predicted octanol–water partition coefficient (Wildman–Crippen LogP) is 4.38. The fourth-order valence-electron chi connectivity index (χ4n) is 2.73. The lowest BCUT2D eigenvalue weighted by molar-refractivity contribution is 0.0256. The second kappa shape index (κ2) is 8.70. The lowest BCUT2D eigenvalue weighted by Gasteiger charge is -2.16. The number of carbonyl (C=O) groups excluding carboxylic acids is 2. The van der Waals surface area contributed by atoms with E-state index >= 15 is 0 Å². The third-order valence-corrected chi connectivity index (χ3v) is 3.99. The molecule has 0 N–H and O–H groups in total. The van der Waals surface area contributed by atoms with Gasteiger partial charge in [-0.1, -0.05) is 38.8 Å². The molecule has 0 spiro atoms. The fourth-order valence-corrected chi connectivity index (χ4v) is 2.73. The summed E-state index contributed by atoms with van der Waals surface area (Å²) in [4.78, 5) is 24.7. The zero-order chi connectivity index (χ0) is 16.7. The number of esters is 2. The molecular weight excluding hydrogens is 292 g/mol. The summed E-state index contributed by atoms with van der Waals surface area (Å²) in [7, 11) is 0. The van der Waals surface area contributed by atoms with E-state index in [-0.39, 0.29) is 17.6 Å². The second-order valence-corrected chi connectivity index (χ2v) is 6.56. The van der Waals surface area contributed by atoms with Crippen molar-refractivity contribution in [2.45, 2.75) is 58.5 Å². The summed E-state index contributed by atoms with van der Waals surface area (Å²) in [5, 5.41) is 0. The van der Waals surface area contributed by atoms with E-state index in [4.69, 9.17) is 9.47 Å². The van der Waals surface area contributed by atoms with Crippen LogP contribution in [0.3, 0.4) is 0 Å². The first-order chi connectivity index (χ1) is 11.1. The van der Waals surface area contributed by atoms with Gasteiger partial charge in [-0.3, -0.25) is 0 Å². The van der Waals surface area contributed by atoms with Crippen LogP contribution in [0.1, 0.15) is 73.1 Å². The van der Waals surface area contributed by atoms with Crippen LogP contribution in [-0.2, 0) is 9.47 Å². The van der Waals surface area contributed by atoms with Crippen molar-refractivity contribution in [1.29, 1.82) is 0 Å². The standard InChI is InChI=1S/C19H26O4/c1-14(2)13-22-18(20)16-11-7-8-12-17(16)19(21)23-15-9-5-3-4-6-10-15/h7-8,11-12,14-15H,3-6,9-10,13H2,1-2H3. The molecule has 4 heteroatoms. The number of benzene rings is 1. The average molecular weight is 318 g/mol. The first kappa shape index (κ1) is 17.5. The van der Waals surface area contributed by atoms with Gasteiger partial charge < -0.3 is 9.47 Å². The van der Waals surface area contributed by atoms with Gasteiger partial charge in [-0.05, 0) is 43.7 Å². The van der Waals surface area contributed by atoms with Crippen LogP contribution in [0.4, 0.5) is 0 Å². The molecule has 1 aromatic carbocycles. The number of hydrogen-bond acceptors (Lipinski definition) is 4. The van der Waals surface area contributed by atoms with Crippen molar-refractivity contribution in [3.8, 4) is 0 Å². The van der Waals surface area contributed by atoms with Crippen LogP contribution in [0.2, 0.25) is 0 Å². The zero-order valence-electron chi connectivity index (χ0n) is 14.0. The van der Waals surface area contributed by atoms with Gasteiger partial charge in [-0.2, -0.15) is 0 Å². The van der Waals surface area contributed by atoms with Crippen LogP contribution in [-0.4, -0.2) is 24.6 Å². The minimum atomic E-state index is -0.466. The molecule has 23 heavy (non-hydrogen) atoms. The molecule has 1 saturated carbocycles. The van der Waals surface area contributed by atoms with Gasteiger partial charge in [0.05, 0.1) is 17.7 Å². The SMILES string of the molecule is CC(C)COC(=O)c1ccccc1C(=O)OC1CCCCCC1. The maximum Gasteiger partial charge on any atom is 0.339 e. The Morgan fingerprint density at radius 3 is 2.13 bits per heavy atom. The van der Waals surface area contributed by atoms with E-state index in [0.29, 0.717) is 12.2 Å². The summed E-state index contributed by atoms with van der Waals surface area (Å²) in [6.07, 6.45) is 6.37.